The van der Waals surface area contributed by atoms with Crippen molar-refractivity contribution in [2.45, 2.75) is 79.4 Å². The van der Waals surface area contributed by atoms with E-state index in [1.54, 1.807) is 6.92 Å². The van der Waals surface area contributed by atoms with E-state index in [1.165, 1.54) is 0 Å². The number of allylic oxidation sites excluding steroid dienone is 1. The predicted molar refractivity (Wildman–Crippen MR) is 95.4 cm³/mol. The molecule has 0 fully saturated rings. The van der Waals surface area contributed by atoms with Crippen LogP contribution in [-0.4, -0.2) is 29.1 Å². The topological polar surface area (TPSA) is 63.6 Å². The molecule has 0 aromatic heterocycles. The second-order valence-corrected chi connectivity index (χ2v) is 7.62. The maximum Gasteiger partial charge on any atom is 0.311 e. The van der Waals surface area contributed by atoms with Crippen molar-refractivity contribution in [3.8, 4) is 0 Å². The highest BCUT2D eigenvalue weighted by Gasteiger charge is 2.30. The zero-order chi connectivity index (χ0) is 18.4. The van der Waals surface area contributed by atoms with E-state index in [-0.39, 0.29) is 35.6 Å². The SMILES string of the molecule is CCC1OC(=O)C(C)C(O)/C(C)=C/C(C)CCC(=O)C(C)CC1C. The molecule has 1 rings (SSSR count). The lowest BCUT2D eigenvalue weighted by molar-refractivity contribution is -0.159. The lowest BCUT2D eigenvalue weighted by Crippen LogP contribution is -2.34. The lowest BCUT2D eigenvalue weighted by Gasteiger charge is -2.28. The first-order valence-corrected chi connectivity index (χ1v) is 9.26. The number of ether oxygens (including phenoxy) is 1. The highest BCUT2D eigenvalue weighted by molar-refractivity contribution is 5.80. The molecule has 0 amide bonds. The number of carbonyl (C=O) groups excluding carboxylic acids is 2. The van der Waals surface area contributed by atoms with Gasteiger partial charge in [-0.15, -0.1) is 0 Å². The van der Waals surface area contributed by atoms with Crippen LogP contribution in [-0.2, 0) is 14.3 Å². The molecule has 0 aromatic rings. The minimum Gasteiger partial charge on any atom is -0.462 e. The summed E-state index contributed by atoms with van der Waals surface area (Å²) in [6, 6.07) is 0. The summed E-state index contributed by atoms with van der Waals surface area (Å²) < 4.78 is 5.66. The average Bonchev–Trinajstić information content (AvgIpc) is 2.54. The van der Waals surface area contributed by atoms with Crippen LogP contribution in [0.4, 0.5) is 0 Å². The molecule has 0 aromatic carbocycles. The Morgan fingerprint density at radius 2 is 1.83 bits per heavy atom. The van der Waals surface area contributed by atoms with Crippen molar-refractivity contribution in [3.63, 3.8) is 0 Å². The van der Waals surface area contributed by atoms with Gasteiger partial charge in [0.05, 0.1) is 12.0 Å². The predicted octanol–water partition coefficient (Wildman–Crippen LogP) is 3.91. The third-order valence-electron chi connectivity index (χ3n) is 5.28. The van der Waals surface area contributed by atoms with E-state index < -0.39 is 12.0 Å². The standard InChI is InChI=1S/C20H34O4/c1-7-18-14(4)11-13(3)17(21)9-8-12(2)10-15(5)19(22)16(6)20(23)24-18/h10,12-14,16,18-19,22H,7-9,11H2,1-6H3/b15-10+. The first-order chi connectivity index (χ1) is 11.2. The second kappa shape index (κ2) is 9.36. The van der Waals surface area contributed by atoms with Gasteiger partial charge < -0.3 is 9.84 Å². The monoisotopic (exact) mass is 338 g/mol. The summed E-state index contributed by atoms with van der Waals surface area (Å²) in [4.78, 5) is 24.8. The van der Waals surface area contributed by atoms with E-state index >= 15 is 0 Å². The molecule has 0 saturated carbocycles. The maximum atomic E-state index is 12.4. The van der Waals surface area contributed by atoms with Crippen LogP contribution < -0.4 is 0 Å². The van der Waals surface area contributed by atoms with Crippen LogP contribution in [0.5, 0.6) is 0 Å². The van der Waals surface area contributed by atoms with Crippen LogP contribution in [0.3, 0.4) is 0 Å². The van der Waals surface area contributed by atoms with Gasteiger partial charge in [0.1, 0.15) is 11.9 Å². The largest absolute Gasteiger partial charge is 0.462 e. The molecule has 6 atom stereocenters. The quantitative estimate of drug-likeness (QED) is 0.581. The van der Waals surface area contributed by atoms with Crippen LogP contribution in [0.1, 0.15) is 67.2 Å². The molecule has 0 spiro atoms. The van der Waals surface area contributed by atoms with Crippen LogP contribution in [0.2, 0.25) is 0 Å². The summed E-state index contributed by atoms with van der Waals surface area (Å²) in [5.74, 6) is -0.376. The van der Waals surface area contributed by atoms with Gasteiger partial charge >= 0.3 is 5.97 Å². The Morgan fingerprint density at radius 1 is 1.21 bits per heavy atom. The van der Waals surface area contributed by atoms with E-state index in [0.717, 1.165) is 18.4 Å². The molecular formula is C20H34O4. The van der Waals surface area contributed by atoms with Gasteiger partial charge in [0.2, 0.25) is 0 Å². The van der Waals surface area contributed by atoms with Crippen molar-refractivity contribution >= 4 is 11.8 Å². The molecule has 1 aliphatic heterocycles. The maximum absolute atomic E-state index is 12.4. The molecule has 1 N–H and O–H groups in total. The minimum absolute atomic E-state index is 0.0176. The molecule has 6 unspecified atom stereocenters. The Labute approximate surface area is 146 Å². The van der Waals surface area contributed by atoms with Gasteiger partial charge in [-0.25, -0.2) is 0 Å². The molecule has 0 radical (unpaired) electrons. The van der Waals surface area contributed by atoms with Crippen molar-refractivity contribution in [2.24, 2.45) is 23.7 Å². The third-order valence-corrected chi connectivity index (χ3v) is 5.28. The zero-order valence-corrected chi connectivity index (χ0v) is 16.0. The normalized spacial score (nSPS) is 39.5. The van der Waals surface area contributed by atoms with Crippen LogP contribution in [0.15, 0.2) is 11.6 Å². The smallest absolute Gasteiger partial charge is 0.311 e. The van der Waals surface area contributed by atoms with Crippen LogP contribution in [0.25, 0.3) is 0 Å². The van der Waals surface area contributed by atoms with Crippen LogP contribution >= 0.6 is 0 Å². The van der Waals surface area contributed by atoms with E-state index in [2.05, 4.69) is 0 Å². The first-order valence-electron chi connectivity index (χ1n) is 9.26. The van der Waals surface area contributed by atoms with Gasteiger partial charge in [0.15, 0.2) is 0 Å². The van der Waals surface area contributed by atoms with Gasteiger partial charge in [-0.1, -0.05) is 33.8 Å². The second-order valence-electron chi connectivity index (χ2n) is 7.62. The Bertz CT molecular complexity index is 468. The molecule has 0 aliphatic carbocycles. The van der Waals surface area contributed by atoms with Gasteiger partial charge in [0.25, 0.3) is 0 Å². The zero-order valence-electron chi connectivity index (χ0n) is 16.0. The molecule has 1 heterocycles. The number of carbonyl (C=O) groups is 2. The number of ketones is 1. The van der Waals surface area contributed by atoms with E-state index in [9.17, 15) is 14.7 Å². The molecule has 24 heavy (non-hydrogen) atoms. The Hall–Kier alpha value is -1.16. The average molecular weight is 338 g/mol. The van der Waals surface area contributed by atoms with E-state index in [0.29, 0.717) is 12.8 Å². The highest BCUT2D eigenvalue weighted by atomic mass is 16.5. The fourth-order valence-corrected chi connectivity index (χ4v) is 3.47. The summed E-state index contributed by atoms with van der Waals surface area (Å²) in [6.45, 7) is 11.6. The minimum atomic E-state index is -0.842. The van der Waals surface area contributed by atoms with E-state index in [1.807, 2.05) is 40.7 Å². The Morgan fingerprint density at radius 3 is 2.42 bits per heavy atom. The summed E-state index contributed by atoms with van der Waals surface area (Å²) in [6.07, 6.45) is 3.68. The van der Waals surface area contributed by atoms with Crippen molar-refractivity contribution in [1.82, 2.24) is 0 Å². The Balaban J connectivity index is 3.05. The number of aliphatic hydroxyl groups is 1. The third kappa shape index (κ3) is 5.73. The summed E-state index contributed by atoms with van der Waals surface area (Å²) in [5.41, 5.74) is 0.769. The fourth-order valence-electron chi connectivity index (χ4n) is 3.47. The Kier molecular flexibility index (Phi) is 8.14. The number of rotatable bonds is 1. The highest BCUT2D eigenvalue weighted by Crippen LogP contribution is 2.26. The lowest BCUT2D eigenvalue weighted by atomic mass is 9.86. The molecule has 138 valence electrons. The number of Topliss-reactive ketones (excluding diaryl/α,β-unsaturated/α-hetero) is 1. The number of cyclic esters (lactones) is 1. The molecule has 1 aliphatic rings. The first kappa shape index (κ1) is 20.9. The van der Waals surface area contributed by atoms with Crippen molar-refractivity contribution in [1.29, 1.82) is 0 Å². The summed E-state index contributed by atoms with van der Waals surface area (Å²) >= 11 is 0. The molecule has 4 nitrogen and oxygen atoms in total. The van der Waals surface area contributed by atoms with Crippen molar-refractivity contribution in [3.05, 3.63) is 11.6 Å². The van der Waals surface area contributed by atoms with Crippen molar-refractivity contribution < 1.29 is 19.4 Å². The van der Waals surface area contributed by atoms with Crippen LogP contribution in [0, 0.1) is 23.7 Å². The fraction of sp³-hybridized carbons (Fsp3) is 0.800. The number of hydrogen-bond acceptors (Lipinski definition) is 4. The number of hydrogen-bond donors (Lipinski definition) is 1. The van der Waals surface area contributed by atoms with Gasteiger partial charge in [-0.2, -0.15) is 0 Å². The van der Waals surface area contributed by atoms with Gasteiger partial charge in [0, 0.05) is 12.3 Å². The molecule has 4 heteroatoms. The van der Waals surface area contributed by atoms with Crippen molar-refractivity contribution in [2.75, 3.05) is 0 Å². The van der Waals surface area contributed by atoms with E-state index in [4.69, 9.17) is 4.74 Å². The molecule has 0 bridgehead atoms. The van der Waals surface area contributed by atoms with Gasteiger partial charge in [-0.05, 0) is 50.5 Å². The van der Waals surface area contributed by atoms with Gasteiger partial charge in [-0.3, -0.25) is 9.59 Å². The molecular weight excluding hydrogens is 304 g/mol. The number of esters is 1. The number of aliphatic hydroxyl groups excluding tert-OH is 1. The summed E-state index contributed by atoms with van der Waals surface area (Å²) in [7, 11) is 0. The summed E-state index contributed by atoms with van der Waals surface area (Å²) in [5, 5.41) is 10.4. The molecule has 0 saturated heterocycles.